The summed E-state index contributed by atoms with van der Waals surface area (Å²) in [5.41, 5.74) is 1.76. The highest BCUT2D eigenvalue weighted by atomic mass is 127. The second-order valence-electron chi connectivity index (χ2n) is 2.10. The quantitative estimate of drug-likeness (QED) is 0.462. The Kier molecular flexibility index (Phi) is 3.33. The molecule has 1 aromatic carbocycles. The van der Waals surface area contributed by atoms with Crippen molar-refractivity contribution in [2.24, 2.45) is 0 Å². The number of carbonyl (C=O) groups is 1. The Morgan fingerprint density at radius 3 is 2.27 bits per heavy atom. The zero-order valence-electron chi connectivity index (χ0n) is 5.68. The summed E-state index contributed by atoms with van der Waals surface area (Å²) < 4.78 is 0.953. The van der Waals surface area contributed by atoms with E-state index in [1.54, 1.807) is 12.1 Å². The van der Waals surface area contributed by atoms with Gasteiger partial charge < -0.3 is 0 Å². The van der Waals surface area contributed by atoms with E-state index in [4.69, 9.17) is 11.6 Å². The molecule has 0 saturated carbocycles. The van der Waals surface area contributed by atoms with Crippen LogP contribution in [0.4, 0.5) is 0 Å². The third-order valence-electron chi connectivity index (χ3n) is 1.34. The average Bonchev–Trinajstić information content (AvgIpc) is 2.05. The van der Waals surface area contributed by atoms with Crippen molar-refractivity contribution in [1.82, 2.24) is 0 Å². The molecule has 0 saturated heterocycles. The van der Waals surface area contributed by atoms with Gasteiger partial charge in [-0.05, 0) is 29.3 Å². The number of alkyl halides is 1. The zero-order chi connectivity index (χ0) is 8.27. The topological polar surface area (TPSA) is 17.1 Å². The van der Waals surface area contributed by atoms with E-state index >= 15 is 0 Å². The summed E-state index contributed by atoms with van der Waals surface area (Å²) in [5.74, 6) is 0. The molecule has 0 spiro atoms. The summed E-state index contributed by atoms with van der Waals surface area (Å²) >= 11 is 7.52. The van der Waals surface area contributed by atoms with Gasteiger partial charge in [0.2, 0.25) is 0 Å². The molecular formula is C8H6ClIO. The van der Waals surface area contributed by atoms with Crippen LogP contribution in [0.15, 0.2) is 24.3 Å². The molecule has 1 nitrogen and oxygen atoms in total. The Labute approximate surface area is 83.9 Å². The van der Waals surface area contributed by atoms with E-state index in [9.17, 15) is 4.79 Å². The van der Waals surface area contributed by atoms with E-state index in [0.717, 1.165) is 4.43 Å². The minimum absolute atomic E-state index is 0.398. The minimum atomic E-state index is -0.398. The van der Waals surface area contributed by atoms with Gasteiger partial charge in [-0.1, -0.05) is 34.7 Å². The molecule has 0 fully saturated rings. The van der Waals surface area contributed by atoms with Crippen LogP contribution in [-0.4, -0.2) is 5.24 Å². The van der Waals surface area contributed by atoms with Crippen LogP contribution in [0.5, 0.6) is 0 Å². The van der Waals surface area contributed by atoms with Gasteiger partial charge in [-0.2, -0.15) is 0 Å². The van der Waals surface area contributed by atoms with Crippen molar-refractivity contribution in [2.45, 2.75) is 4.43 Å². The van der Waals surface area contributed by atoms with Crippen molar-refractivity contribution < 1.29 is 4.79 Å². The molecule has 0 aromatic heterocycles. The second-order valence-corrected chi connectivity index (χ2v) is 3.21. The molecule has 0 N–H and O–H groups in total. The van der Waals surface area contributed by atoms with Crippen LogP contribution in [0.2, 0.25) is 0 Å². The van der Waals surface area contributed by atoms with Gasteiger partial charge in [-0.15, -0.1) is 0 Å². The largest absolute Gasteiger partial charge is 0.276 e. The Bertz CT molecular complexity index is 255. The van der Waals surface area contributed by atoms with E-state index in [1.807, 2.05) is 12.1 Å². The van der Waals surface area contributed by atoms with Crippen LogP contribution in [0, 0.1) is 0 Å². The fraction of sp³-hybridized carbons (Fsp3) is 0.125. The van der Waals surface area contributed by atoms with Gasteiger partial charge in [0.05, 0.1) is 0 Å². The first-order chi connectivity index (χ1) is 5.24. The monoisotopic (exact) mass is 280 g/mol. The van der Waals surface area contributed by atoms with Gasteiger partial charge in [0, 0.05) is 9.99 Å². The molecule has 58 valence electrons. The number of hydrogen-bond donors (Lipinski definition) is 0. The first kappa shape index (κ1) is 9.00. The predicted octanol–water partition coefficient (Wildman–Crippen LogP) is 3.00. The standard InChI is InChI=1S/C8H6ClIO/c9-8(11)7-3-1-6(5-10)2-4-7/h1-4H,5H2. The van der Waals surface area contributed by atoms with Crippen molar-refractivity contribution >= 4 is 39.4 Å². The number of benzene rings is 1. The molecule has 0 aliphatic carbocycles. The fourth-order valence-electron chi connectivity index (χ4n) is 0.725. The molecule has 1 rings (SSSR count). The maximum atomic E-state index is 10.6. The first-order valence-corrected chi connectivity index (χ1v) is 4.99. The number of hydrogen-bond acceptors (Lipinski definition) is 1. The normalized spacial score (nSPS) is 9.64. The van der Waals surface area contributed by atoms with Gasteiger partial charge in [0.25, 0.3) is 5.24 Å². The summed E-state index contributed by atoms with van der Waals surface area (Å²) in [6.45, 7) is 0. The molecule has 0 atom stereocenters. The third-order valence-corrected chi connectivity index (χ3v) is 2.43. The molecule has 0 radical (unpaired) electrons. The third kappa shape index (κ3) is 2.45. The molecule has 0 aliphatic rings. The summed E-state index contributed by atoms with van der Waals surface area (Å²) in [4.78, 5) is 10.6. The lowest BCUT2D eigenvalue weighted by Gasteiger charge is -1.95. The number of rotatable bonds is 2. The van der Waals surface area contributed by atoms with Gasteiger partial charge in [-0.3, -0.25) is 4.79 Å². The van der Waals surface area contributed by atoms with E-state index in [-0.39, 0.29) is 0 Å². The van der Waals surface area contributed by atoms with Gasteiger partial charge >= 0.3 is 0 Å². The lowest BCUT2D eigenvalue weighted by Crippen LogP contribution is -1.87. The van der Waals surface area contributed by atoms with Crippen molar-refractivity contribution in [3.8, 4) is 0 Å². The molecular weight excluding hydrogens is 274 g/mol. The average molecular weight is 280 g/mol. The summed E-state index contributed by atoms with van der Waals surface area (Å²) in [5, 5.41) is -0.398. The molecule has 0 heterocycles. The van der Waals surface area contributed by atoms with E-state index in [2.05, 4.69) is 22.6 Å². The molecule has 3 heteroatoms. The van der Waals surface area contributed by atoms with E-state index in [1.165, 1.54) is 5.56 Å². The zero-order valence-corrected chi connectivity index (χ0v) is 8.59. The Morgan fingerprint density at radius 1 is 1.36 bits per heavy atom. The lowest BCUT2D eigenvalue weighted by atomic mass is 10.2. The molecule has 0 unspecified atom stereocenters. The molecule has 0 aliphatic heterocycles. The fourth-order valence-corrected chi connectivity index (χ4v) is 1.36. The summed E-state index contributed by atoms with van der Waals surface area (Å²) in [6.07, 6.45) is 0. The Hall–Kier alpha value is -0.0900. The maximum absolute atomic E-state index is 10.6. The Balaban J connectivity index is 2.91. The van der Waals surface area contributed by atoms with E-state index in [0.29, 0.717) is 5.56 Å². The van der Waals surface area contributed by atoms with Gasteiger partial charge in [-0.25, -0.2) is 0 Å². The van der Waals surface area contributed by atoms with Crippen LogP contribution < -0.4 is 0 Å². The maximum Gasteiger partial charge on any atom is 0.252 e. The van der Waals surface area contributed by atoms with Crippen molar-refractivity contribution in [2.75, 3.05) is 0 Å². The van der Waals surface area contributed by atoms with Crippen LogP contribution in [0.1, 0.15) is 15.9 Å². The smallest absolute Gasteiger partial charge is 0.252 e. The first-order valence-electron chi connectivity index (χ1n) is 3.09. The summed E-state index contributed by atoms with van der Waals surface area (Å²) in [6, 6.07) is 7.29. The number of carbonyl (C=O) groups excluding carboxylic acids is 1. The lowest BCUT2D eigenvalue weighted by molar-refractivity contribution is 0.108. The highest BCUT2D eigenvalue weighted by Crippen LogP contribution is 2.09. The van der Waals surface area contributed by atoms with Crippen molar-refractivity contribution in [3.63, 3.8) is 0 Å². The minimum Gasteiger partial charge on any atom is -0.276 e. The van der Waals surface area contributed by atoms with Crippen LogP contribution in [0.3, 0.4) is 0 Å². The van der Waals surface area contributed by atoms with E-state index < -0.39 is 5.24 Å². The highest BCUT2D eigenvalue weighted by molar-refractivity contribution is 14.1. The van der Waals surface area contributed by atoms with Crippen LogP contribution >= 0.6 is 34.2 Å². The van der Waals surface area contributed by atoms with Crippen molar-refractivity contribution in [3.05, 3.63) is 35.4 Å². The van der Waals surface area contributed by atoms with Gasteiger partial charge in [0.15, 0.2) is 0 Å². The second kappa shape index (κ2) is 4.07. The highest BCUT2D eigenvalue weighted by Gasteiger charge is 1.99. The van der Waals surface area contributed by atoms with Crippen molar-refractivity contribution in [1.29, 1.82) is 0 Å². The Morgan fingerprint density at radius 2 is 1.91 bits per heavy atom. The van der Waals surface area contributed by atoms with Crippen LogP contribution in [-0.2, 0) is 4.43 Å². The predicted molar refractivity (Wildman–Crippen MR) is 54.3 cm³/mol. The van der Waals surface area contributed by atoms with Crippen LogP contribution in [0.25, 0.3) is 0 Å². The molecule has 1 aromatic rings. The SMILES string of the molecule is O=C(Cl)c1ccc(CI)cc1. The number of halogens is 2. The molecule has 11 heavy (non-hydrogen) atoms. The molecule has 0 bridgehead atoms. The molecule has 0 amide bonds. The van der Waals surface area contributed by atoms with Gasteiger partial charge in [0.1, 0.15) is 0 Å². The summed E-state index contributed by atoms with van der Waals surface area (Å²) in [7, 11) is 0.